The van der Waals surface area contributed by atoms with Gasteiger partial charge in [-0.2, -0.15) is 5.26 Å². The van der Waals surface area contributed by atoms with Crippen LogP contribution in [0.5, 0.6) is 0 Å². The first kappa shape index (κ1) is 15.9. The van der Waals surface area contributed by atoms with Gasteiger partial charge < -0.3 is 10.1 Å². The molecule has 0 saturated heterocycles. The average molecular weight is 277 g/mol. The predicted molar refractivity (Wildman–Crippen MR) is 76.6 cm³/mol. The van der Waals surface area contributed by atoms with Crippen LogP contribution in [0.2, 0.25) is 0 Å². The number of nitrogens with one attached hydrogen (secondary N) is 1. The average Bonchev–Trinajstić information content (AvgIpc) is 2.37. The van der Waals surface area contributed by atoms with Crippen molar-refractivity contribution in [1.82, 2.24) is 0 Å². The lowest BCUT2D eigenvalue weighted by molar-refractivity contribution is -0.385. The van der Waals surface area contributed by atoms with Crippen molar-refractivity contribution >= 4 is 11.4 Å². The maximum atomic E-state index is 10.8. The topological polar surface area (TPSA) is 88.2 Å². The molecule has 20 heavy (non-hydrogen) atoms. The normalized spacial score (nSPS) is 12.6. The van der Waals surface area contributed by atoms with Crippen molar-refractivity contribution in [1.29, 1.82) is 5.26 Å². The van der Waals surface area contributed by atoms with Gasteiger partial charge in [-0.3, -0.25) is 10.1 Å². The Bertz CT molecular complexity index is 535. The Labute approximate surface area is 118 Å². The van der Waals surface area contributed by atoms with E-state index >= 15 is 0 Å². The fourth-order valence-corrected chi connectivity index (χ4v) is 2.03. The number of nitro groups is 1. The fraction of sp³-hybridized carbons (Fsp3) is 0.500. The SMILES string of the molecule is COC(C)(C)CC(C)Nc1ccc([N+](=O)[O-])c(C#N)c1. The van der Waals surface area contributed by atoms with Crippen molar-refractivity contribution in [2.24, 2.45) is 0 Å². The Balaban J connectivity index is 2.84. The van der Waals surface area contributed by atoms with E-state index in [0.29, 0.717) is 5.69 Å². The Morgan fingerprint density at radius 3 is 2.70 bits per heavy atom. The van der Waals surface area contributed by atoms with Crippen LogP contribution >= 0.6 is 0 Å². The third kappa shape index (κ3) is 4.21. The summed E-state index contributed by atoms with van der Waals surface area (Å²) in [5, 5.41) is 22.9. The highest BCUT2D eigenvalue weighted by atomic mass is 16.6. The monoisotopic (exact) mass is 277 g/mol. The molecule has 1 rings (SSSR count). The van der Waals surface area contributed by atoms with Crippen LogP contribution in [-0.2, 0) is 4.74 Å². The first-order valence-electron chi connectivity index (χ1n) is 6.29. The van der Waals surface area contributed by atoms with Gasteiger partial charge in [0.1, 0.15) is 11.6 Å². The Morgan fingerprint density at radius 2 is 2.20 bits per heavy atom. The largest absolute Gasteiger partial charge is 0.382 e. The molecule has 0 fully saturated rings. The molecule has 0 heterocycles. The number of benzene rings is 1. The molecule has 0 radical (unpaired) electrons. The van der Waals surface area contributed by atoms with Gasteiger partial charge in [0.15, 0.2) is 0 Å². The molecule has 0 aromatic heterocycles. The van der Waals surface area contributed by atoms with Crippen LogP contribution in [0.15, 0.2) is 18.2 Å². The third-order valence-electron chi connectivity index (χ3n) is 3.08. The number of hydrogen-bond donors (Lipinski definition) is 1. The molecular formula is C14H19N3O3. The molecule has 1 aromatic rings. The third-order valence-corrected chi connectivity index (χ3v) is 3.08. The zero-order chi connectivity index (χ0) is 15.3. The van der Waals surface area contributed by atoms with Gasteiger partial charge in [0, 0.05) is 24.9 Å². The van der Waals surface area contributed by atoms with E-state index in [1.165, 1.54) is 12.1 Å². The van der Waals surface area contributed by atoms with E-state index in [1.54, 1.807) is 13.2 Å². The van der Waals surface area contributed by atoms with E-state index in [4.69, 9.17) is 10.00 Å². The summed E-state index contributed by atoms with van der Waals surface area (Å²) in [4.78, 5) is 10.2. The molecule has 0 aliphatic rings. The molecule has 1 unspecified atom stereocenters. The van der Waals surface area contributed by atoms with E-state index in [1.807, 2.05) is 26.8 Å². The molecule has 6 nitrogen and oxygen atoms in total. The van der Waals surface area contributed by atoms with Crippen LogP contribution in [0.1, 0.15) is 32.8 Å². The fourth-order valence-electron chi connectivity index (χ4n) is 2.03. The maximum Gasteiger partial charge on any atom is 0.287 e. The van der Waals surface area contributed by atoms with Crippen LogP contribution in [-0.4, -0.2) is 23.7 Å². The summed E-state index contributed by atoms with van der Waals surface area (Å²) in [5.74, 6) is 0. The van der Waals surface area contributed by atoms with Crippen molar-refractivity contribution in [2.75, 3.05) is 12.4 Å². The van der Waals surface area contributed by atoms with Crippen molar-refractivity contribution in [2.45, 2.75) is 38.8 Å². The van der Waals surface area contributed by atoms with Gasteiger partial charge in [-0.05, 0) is 39.3 Å². The first-order chi connectivity index (χ1) is 9.29. The molecule has 0 amide bonds. The zero-order valence-electron chi connectivity index (χ0n) is 12.1. The summed E-state index contributed by atoms with van der Waals surface area (Å²) in [6, 6.07) is 6.40. The molecule has 0 spiro atoms. The molecule has 0 bridgehead atoms. The van der Waals surface area contributed by atoms with Gasteiger partial charge in [-0.25, -0.2) is 0 Å². The van der Waals surface area contributed by atoms with Crippen molar-refractivity contribution in [3.63, 3.8) is 0 Å². The summed E-state index contributed by atoms with van der Waals surface area (Å²) in [6.07, 6.45) is 0.766. The molecule has 0 aliphatic heterocycles. The Morgan fingerprint density at radius 1 is 1.55 bits per heavy atom. The molecule has 0 aliphatic carbocycles. The van der Waals surface area contributed by atoms with Gasteiger partial charge in [-0.15, -0.1) is 0 Å². The number of nitro benzene ring substituents is 1. The standard InChI is InChI=1S/C14H19N3O3/c1-10(8-14(2,3)20-4)16-12-5-6-13(17(18)19)11(7-12)9-15/h5-7,10,16H,8H2,1-4H3. The highest BCUT2D eigenvalue weighted by molar-refractivity contribution is 5.58. The Hall–Kier alpha value is -2.13. The number of nitrogens with zero attached hydrogens (tertiary/aromatic N) is 2. The van der Waals surface area contributed by atoms with Crippen molar-refractivity contribution in [3.05, 3.63) is 33.9 Å². The highest BCUT2D eigenvalue weighted by Crippen LogP contribution is 2.24. The zero-order valence-corrected chi connectivity index (χ0v) is 12.1. The van der Waals surface area contributed by atoms with E-state index in [0.717, 1.165) is 6.42 Å². The van der Waals surface area contributed by atoms with Crippen LogP contribution < -0.4 is 5.32 Å². The molecule has 1 atom stereocenters. The number of ether oxygens (including phenoxy) is 1. The summed E-state index contributed by atoms with van der Waals surface area (Å²) in [6.45, 7) is 5.97. The summed E-state index contributed by atoms with van der Waals surface area (Å²) in [5.41, 5.74) is 0.304. The molecule has 0 saturated carbocycles. The number of rotatable bonds is 6. The Kier molecular flexibility index (Phi) is 5.06. The summed E-state index contributed by atoms with van der Waals surface area (Å²) < 4.78 is 5.36. The van der Waals surface area contributed by atoms with Crippen molar-refractivity contribution in [3.8, 4) is 6.07 Å². The smallest absolute Gasteiger partial charge is 0.287 e. The first-order valence-corrected chi connectivity index (χ1v) is 6.29. The lowest BCUT2D eigenvalue weighted by atomic mass is 9.99. The second-order valence-corrected chi connectivity index (χ2v) is 5.31. The second kappa shape index (κ2) is 6.35. The number of anilines is 1. The molecule has 108 valence electrons. The summed E-state index contributed by atoms with van der Waals surface area (Å²) >= 11 is 0. The van der Waals surface area contributed by atoms with Gasteiger partial charge in [0.2, 0.25) is 0 Å². The molecule has 1 N–H and O–H groups in total. The highest BCUT2D eigenvalue weighted by Gasteiger charge is 2.21. The van der Waals surface area contributed by atoms with Gasteiger partial charge in [-0.1, -0.05) is 0 Å². The van der Waals surface area contributed by atoms with Crippen LogP contribution in [0.3, 0.4) is 0 Å². The van der Waals surface area contributed by atoms with Gasteiger partial charge in [0.05, 0.1) is 10.5 Å². The lowest BCUT2D eigenvalue weighted by Crippen LogP contribution is -2.31. The van der Waals surface area contributed by atoms with Crippen LogP contribution in [0.4, 0.5) is 11.4 Å². The number of methoxy groups -OCH3 is 1. The van der Waals surface area contributed by atoms with Gasteiger partial charge >= 0.3 is 0 Å². The quantitative estimate of drug-likeness (QED) is 0.637. The van der Waals surface area contributed by atoms with Crippen LogP contribution in [0.25, 0.3) is 0 Å². The lowest BCUT2D eigenvalue weighted by Gasteiger charge is -2.27. The van der Waals surface area contributed by atoms with Gasteiger partial charge in [0.25, 0.3) is 5.69 Å². The van der Waals surface area contributed by atoms with E-state index < -0.39 is 4.92 Å². The van der Waals surface area contributed by atoms with Crippen molar-refractivity contribution < 1.29 is 9.66 Å². The minimum absolute atomic E-state index is 0.0539. The minimum atomic E-state index is -0.556. The molecule has 6 heteroatoms. The van der Waals surface area contributed by atoms with E-state index in [-0.39, 0.29) is 22.9 Å². The van der Waals surface area contributed by atoms with Crippen LogP contribution in [0, 0.1) is 21.4 Å². The molecular weight excluding hydrogens is 258 g/mol. The molecule has 1 aromatic carbocycles. The maximum absolute atomic E-state index is 10.8. The van der Waals surface area contributed by atoms with E-state index in [9.17, 15) is 10.1 Å². The predicted octanol–water partition coefficient (Wildman–Crippen LogP) is 3.08. The second-order valence-electron chi connectivity index (χ2n) is 5.31. The van der Waals surface area contributed by atoms with E-state index in [2.05, 4.69) is 5.32 Å². The number of nitriles is 1. The number of hydrogen-bond acceptors (Lipinski definition) is 5. The summed E-state index contributed by atoms with van der Waals surface area (Å²) in [7, 11) is 1.66. The minimum Gasteiger partial charge on any atom is -0.382 e.